The fraction of sp³-hybridized carbons (Fsp3) is 0.143. The van der Waals surface area contributed by atoms with Crippen LogP contribution in [0.5, 0.6) is 0 Å². The van der Waals surface area contributed by atoms with E-state index in [-0.39, 0.29) is 40.6 Å². The maximum atomic E-state index is 10.6. The van der Waals surface area contributed by atoms with Crippen LogP contribution in [0.15, 0.2) is 29.2 Å². The van der Waals surface area contributed by atoms with Crippen LogP contribution in [0, 0.1) is 6.92 Å². The van der Waals surface area contributed by atoms with Gasteiger partial charge >= 0.3 is 29.6 Å². The average molecular weight is 213 g/mol. The molecule has 0 saturated heterocycles. The second-order valence-electron chi connectivity index (χ2n) is 2.24. The van der Waals surface area contributed by atoms with E-state index in [1.54, 1.807) is 25.1 Å². The minimum atomic E-state index is -4.03. The van der Waals surface area contributed by atoms with Crippen LogP contribution < -0.4 is 6.15 Å². The molecule has 1 rings (SSSR count). The molecule has 1 aromatic carbocycles. The van der Waals surface area contributed by atoms with Crippen molar-refractivity contribution in [3.05, 3.63) is 29.8 Å². The average Bonchev–Trinajstić information content (AvgIpc) is 1.86. The molecule has 0 spiro atoms. The van der Waals surface area contributed by atoms with Crippen LogP contribution in [0.1, 0.15) is 5.56 Å². The minimum absolute atomic E-state index is 0. The van der Waals surface area contributed by atoms with Crippen molar-refractivity contribution in [3.8, 4) is 0 Å². The summed E-state index contributed by atoms with van der Waals surface area (Å²) in [4.78, 5) is -0.0278. The van der Waals surface area contributed by atoms with Crippen molar-refractivity contribution in [2.24, 2.45) is 0 Å². The van der Waals surface area contributed by atoms with E-state index >= 15 is 0 Å². The number of aryl methyl sites for hydroxylation is 1. The van der Waals surface area contributed by atoms with Gasteiger partial charge in [-0.15, -0.1) is 0 Å². The van der Waals surface area contributed by atoms with Crippen molar-refractivity contribution in [2.45, 2.75) is 11.8 Å². The Bertz CT molecular complexity index is 364. The molecule has 0 aliphatic rings. The molecule has 0 aliphatic carbocycles. The van der Waals surface area contributed by atoms with E-state index in [0.717, 1.165) is 0 Å². The first-order chi connectivity index (χ1) is 5.02. The third kappa shape index (κ3) is 4.21. The van der Waals surface area contributed by atoms with Gasteiger partial charge in [0.15, 0.2) is 0 Å². The molecule has 70 valence electrons. The molecule has 0 aliphatic heterocycles. The van der Waals surface area contributed by atoms with E-state index in [0.29, 0.717) is 5.56 Å². The summed E-state index contributed by atoms with van der Waals surface area (Å²) in [6, 6.07) is 6.27. The molecule has 1 aromatic rings. The van der Waals surface area contributed by atoms with Gasteiger partial charge in [0.25, 0.3) is 10.1 Å². The molecule has 0 heterocycles. The van der Waals surface area contributed by atoms with Crippen LogP contribution in [0.3, 0.4) is 0 Å². The Balaban J connectivity index is 0. The number of hydrogen-bond acceptors (Lipinski definition) is 3. The van der Waals surface area contributed by atoms with Gasteiger partial charge < -0.3 is 6.15 Å². The summed E-state index contributed by atoms with van der Waals surface area (Å²) in [5.74, 6) is 0. The third-order valence-corrected chi connectivity index (χ3v) is 2.39. The van der Waals surface area contributed by atoms with Gasteiger partial charge in [-0.2, -0.15) is 8.42 Å². The van der Waals surface area contributed by atoms with Crippen molar-refractivity contribution in [3.63, 3.8) is 0 Å². The van der Waals surface area contributed by atoms with Gasteiger partial charge in [-0.1, -0.05) is 18.2 Å². The molecule has 0 radical (unpaired) electrons. The van der Waals surface area contributed by atoms with E-state index in [4.69, 9.17) is 4.55 Å². The molecule has 0 amide bonds. The van der Waals surface area contributed by atoms with Gasteiger partial charge in [-0.25, -0.2) is 0 Å². The Kier molecular flexibility index (Phi) is 6.87. The topological polar surface area (TPSA) is 89.4 Å². The van der Waals surface area contributed by atoms with Gasteiger partial charge in [0.1, 0.15) is 0 Å². The molecular formula is C7H12NNaO3S. The number of hydrogen-bond donors (Lipinski definition) is 2. The molecule has 0 unspecified atom stereocenters. The van der Waals surface area contributed by atoms with E-state index in [9.17, 15) is 8.42 Å². The SMILES string of the molecule is Cc1ccccc1S(=O)(=O)O.N.[NaH]. The Morgan fingerprint density at radius 2 is 1.69 bits per heavy atom. The molecular weight excluding hydrogens is 201 g/mol. The Morgan fingerprint density at radius 3 is 2.00 bits per heavy atom. The summed E-state index contributed by atoms with van der Waals surface area (Å²) in [5.41, 5.74) is 0.551. The van der Waals surface area contributed by atoms with E-state index in [1.165, 1.54) is 6.07 Å². The molecule has 0 bridgehead atoms. The molecule has 6 heteroatoms. The summed E-state index contributed by atoms with van der Waals surface area (Å²) in [7, 11) is -4.03. The third-order valence-electron chi connectivity index (χ3n) is 1.37. The standard InChI is InChI=1S/C7H8O3S.H3N.Na.H/c1-6-4-2-3-5-7(6)11(8,9)10;;;/h2-5H,1H3,(H,8,9,10);1H3;;. The van der Waals surface area contributed by atoms with Crippen molar-refractivity contribution in [2.75, 3.05) is 0 Å². The van der Waals surface area contributed by atoms with Crippen molar-refractivity contribution in [1.29, 1.82) is 0 Å². The quantitative estimate of drug-likeness (QED) is 0.532. The van der Waals surface area contributed by atoms with Gasteiger partial charge in [0.2, 0.25) is 0 Å². The summed E-state index contributed by atoms with van der Waals surface area (Å²) in [5, 5.41) is 0. The first kappa shape index (κ1) is 15.6. The Morgan fingerprint density at radius 1 is 1.23 bits per heavy atom. The summed E-state index contributed by atoms with van der Waals surface area (Å²) in [6.45, 7) is 1.63. The first-order valence-electron chi connectivity index (χ1n) is 3.05. The van der Waals surface area contributed by atoms with Crippen LogP contribution >= 0.6 is 0 Å². The van der Waals surface area contributed by atoms with Gasteiger partial charge in [0.05, 0.1) is 4.90 Å². The zero-order valence-electron chi connectivity index (χ0n) is 6.69. The first-order valence-corrected chi connectivity index (χ1v) is 4.49. The molecule has 0 saturated carbocycles. The van der Waals surface area contributed by atoms with Crippen LogP contribution in [-0.4, -0.2) is 42.5 Å². The van der Waals surface area contributed by atoms with Gasteiger partial charge in [0, 0.05) is 0 Å². The predicted molar refractivity (Wildman–Crippen MR) is 53.2 cm³/mol. The second kappa shape index (κ2) is 5.74. The zero-order valence-corrected chi connectivity index (χ0v) is 7.50. The molecule has 0 fully saturated rings. The van der Waals surface area contributed by atoms with Crippen LogP contribution in [0.4, 0.5) is 0 Å². The number of rotatable bonds is 1. The Hall–Kier alpha value is 0.0900. The van der Waals surface area contributed by atoms with Crippen molar-refractivity contribution >= 4 is 39.7 Å². The summed E-state index contributed by atoms with van der Waals surface area (Å²) < 4.78 is 29.9. The van der Waals surface area contributed by atoms with Crippen molar-refractivity contribution in [1.82, 2.24) is 6.15 Å². The predicted octanol–water partition coefficient (Wildman–Crippen LogP) is 0.755. The fourth-order valence-electron chi connectivity index (χ4n) is 0.846. The molecule has 4 nitrogen and oxygen atoms in total. The molecule has 13 heavy (non-hydrogen) atoms. The molecule has 0 atom stereocenters. The fourth-order valence-corrected chi connectivity index (χ4v) is 1.57. The normalized spacial score (nSPS) is 9.69. The van der Waals surface area contributed by atoms with Gasteiger partial charge in [-0.3, -0.25) is 4.55 Å². The van der Waals surface area contributed by atoms with E-state index in [1.807, 2.05) is 0 Å². The second-order valence-corrected chi connectivity index (χ2v) is 3.63. The summed E-state index contributed by atoms with van der Waals surface area (Å²) >= 11 is 0. The molecule has 4 N–H and O–H groups in total. The Labute approximate surface area is 100.0 Å². The maximum absolute atomic E-state index is 10.6. The van der Waals surface area contributed by atoms with E-state index in [2.05, 4.69) is 0 Å². The molecule has 0 aromatic heterocycles. The monoisotopic (exact) mass is 213 g/mol. The van der Waals surface area contributed by atoms with Crippen molar-refractivity contribution < 1.29 is 13.0 Å². The summed E-state index contributed by atoms with van der Waals surface area (Å²) in [6.07, 6.45) is 0. The van der Waals surface area contributed by atoms with Crippen LogP contribution in [-0.2, 0) is 10.1 Å². The van der Waals surface area contributed by atoms with Crippen LogP contribution in [0.25, 0.3) is 0 Å². The van der Waals surface area contributed by atoms with Gasteiger partial charge in [-0.05, 0) is 18.6 Å². The zero-order chi connectivity index (χ0) is 8.48. The van der Waals surface area contributed by atoms with E-state index < -0.39 is 10.1 Å². The van der Waals surface area contributed by atoms with Crippen LogP contribution in [0.2, 0.25) is 0 Å². The number of benzene rings is 1.